The third-order valence-corrected chi connectivity index (χ3v) is 4.74. The summed E-state index contributed by atoms with van der Waals surface area (Å²) >= 11 is 0. The molecule has 0 spiro atoms. The highest BCUT2D eigenvalue weighted by Gasteiger charge is 2.23. The second kappa shape index (κ2) is 6.68. The lowest BCUT2D eigenvalue weighted by atomic mass is 10.1. The zero-order chi connectivity index (χ0) is 12.9. The van der Waals surface area contributed by atoms with Crippen LogP contribution in [0.3, 0.4) is 0 Å². The predicted octanol–water partition coefficient (Wildman–Crippen LogP) is 0.329. The minimum atomic E-state index is -3.21. The molecule has 1 fully saturated rings. The third kappa shape index (κ3) is 5.33. The summed E-state index contributed by atoms with van der Waals surface area (Å²) in [6.45, 7) is 8.12. The molecule has 0 saturated carbocycles. The maximum absolute atomic E-state index is 11.9. The van der Waals surface area contributed by atoms with Gasteiger partial charge in [0.25, 0.3) is 0 Å². The Hall–Kier alpha value is -0.170. The molecule has 0 aliphatic carbocycles. The smallest absolute Gasteiger partial charge is 0.215 e. The highest BCUT2D eigenvalue weighted by Crippen LogP contribution is 2.11. The first-order valence-electron chi connectivity index (χ1n) is 6.21. The molecule has 17 heavy (non-hydrogen) atoms. The lowest BCUT2D eigenvalue weighted by molar-refractivity contribution is 0.186. The summed E-state index contributed by atoms with van der Waals surface area (Å²) in [6, 6.07) is 0.302. The Labute approximate surface area is 104 Å². The molecule has 2 unspecified atom stereocenters. The van der Waals surface area contributed by atoms with Crippen LogP contribution in [0.4, 0.5) is 0 Å². The van der Waals surface area contributed by atoms with Gasteiger partial charge >= 0.3 is 0 Å². The van der Waals surface area contributed by atoms with Gasteiger partial charge in [-0.2, -0.15) is 0 Å². The Balaban J connectivity index is 2.33. The SMILES string of the molecule is CC(C)NCC(C)S(=O)(=O)NCC1CCOC1. The maximum Gasteiger partial charge on any atom is 0.215 e. The van der Waals surface area contributed by atoms with Crippen molar-refractivity contribution in [3.63, 3.8) is 0 Å². The molecule has 1 rings (SSSR count). The molecule has 0 aromatic heterocycles. The van der Waals surface area contributed by atoms with Crippen molar-refractivity contribution in [2.24, 2.45) is 5.92 Å². The summed E-state index contributed by atoms with van der Waals surface area (Å²) in [5.74, 6) is 0.329. The zero-order valence-electron chi connectivity index (χ0n) is 10.9. The molecular formula is C11H24N2O3S. The molecule has 0 radical (unpaired) electrons. The van der Waals surface area contributed by atoms with Crippen molar-refractivity contribution in [2.75, 3.05) is 26.3 Å². The molecule has 0 bridgehead atoms. The number of sulfonamides is 1. The lowest BCUT2D eigenvalue weighted by Gasteiger charge is -2.17. The fourth-order valence-electron chi connectivity index (χ4n) is 1.63. The first-order valence-corrected chi connectivity index (χ1v) is 7.76. The molecule has 0 aromatic rings. The van der Waals surface area contributed by atoms with E-state index in [1.54, 1.807) is 6.92 Å². The van der Waals surface area contributed by atoms with E-state index in [9.17, 15) is 8.42 Å². The van der Waals surface area contributed by atoms with Gasteiger partial charge in [0.2, 0.25) is 10.0 Å². The Bertz CT molecular complexity index is 311. The molecule has 1 saturated heterocycles. The van der Waals surface area contributed by atoms with E-state index in [2.05, 4.69) is 10.0 Å². The average Bonchev–Trinajstić information content (AvgIpc) is 2.75. The fraction of sp³-hybridized carbons (Fsp3) is 1.00. The number of hydrogen-bond acceptors (Lipinski definition) is 4. The van der Waals surface area contributed by atoms with Crippen molar-refractivity contribution < 1.29 is 13.2 Å². The minimum Gasteiger partial charge on any atom is -0.381 e. The Morgan fingerprint density at radius 3 is 2.59 bits per heavy atom. The van der Waals surface area contributed by atoms with E-state index >= 15 is 0 Å². The van der Waals surface area contributed by atoms with Gasteiger partial charge in [-0.3, -0.25) is 0 Å². The molecule has 2 atom stereocenters. The van der Waals surface area contributed by atoms with Crippen LogP contribution in [0.25, 0.3) is 0 Å². The van der Waals surface area contributed by atoms with Crippen molar-refractivity contribution in [3.05, 3.63) is 0 Å². The minimum absolute atomic E-state index is 0.302. The summed E-state index contributed by atoms with van der Waals surface area (Å²) in [6.07, 6.45) is 0.946. The van der Waals surface area contributed by atoms with Gasteiger partial charge in [-0.05, 0) is 19.3 Å². The predicted molar refractivity (Wildman–Crippen MR) is 68.4 cm³/mol. The van der Waals surface area contributed by atoms with Crippen LogP contribution in [0.1, 0.15) is 27.2 Å². The number of hydrogen-bond donors (Lipinski definition) is 2. The van der Waals surface area contributed by atoms with Crippen LogP contribution in [-0.2, 0) is 14.8 Å². The molecule has 0 aromatic carbocycles. The highest BCUT2D eigenvalue weighted by molar-refractivity contribution is 7.90. The van der Waals surface area contributed by atoms with Gasteiger partial charge in [-0.1, -0.05) is 13.8 Å². The summed E-state index contributed by atoms with van der Waals surface area (Å²) in [5.41, 5.74) is 0. The van der Waals surface area contributed by atoms with E-state index in [1.807, 2.05) is 13.8 Å². The van der Waals surface area contributed by atoms with E-state index in [4.69, 9.17) is 4.74 Å². The van der Waals surface area contributed by atoms with Gasteiger partial charge in [-0.25, -0.2) is 13.1 Å². The monoisotopic (exact) mass is 264 g/mol. The molecule has 1 heterocycles. The number of ether oxygens (including phenoxy) is 1. The van der Waals surface area contributed by atoms with Gasteiger partial charge in [0.05, 0.1) is 11.9 Å². The Kier molecular flexibility index (Phi) is 5.85. The van der Waals surface area contributed by atoms with Crippen LogP contribution in [0, 0.1) is 5.92 Å². The quantitative estimate of drug-likeness (QED) is 0.695. The van der Waals surface area contributed by atoms with Crippen molar-refractivity contribution >= 4 is 10.0 Å². The van der Waals surface area contributed by atoms with E-state index < -0.39 is 15.3 Å². The second-order valence-corrected chi connectivity index (χ2v) is 7.18. The topological polar surface area (TPSA) is 67.4 Å². The zero-order valence-corrected chi connectivity index (χ0v) is 11.7. The number of nitrogens with one attached hydrogen (secondary N) is 2. The van der Waals surface area contributed by atoms with Gasteiger partial charge in [0, 0.05) is 25.7 Å². The second-order valence-electron chi connectivity index (χ2n) is 5.00. The van der Waals surface area contributed by atoms with Crippen LogP contribution in [0.5, 0.6) is 0 Å². The van der Waals surface area contributed by atoms with Crippen molar-refractivity contribution in [2.45, 2.75) is 38.5 Å². The Morgan fingerprint density at radius 1 is 1.35 bits per heavy atom. The van der Waals surface area contributed by atoms with Crippen molar-refractivity contribution in [3.8, 4) is 0 Å². The van der Waals surface area contributed by atoms with Crippen LogP contribution in [0.15, 0.2) is 0 Å². The first-order chi connectivity index (χ1) is 7.92. The molecule has 5 nitrogen and oxygen atoms in total. The van der Waals surface area contributed by atoms with Gasteiger partial charge < -0.3 is 10.1 Å². The van der Waals surface area contributed by atoms with Crippen molar-refractivity contribution in [1.29, 1.82) is 0 Å². The number of rotatable bonds is 7. The molecule has 6 heteroatoms. The molecule has 1 aliphatic rings. The molecule has 0 amide bonds. The van der Waals surface area contributed by atoms with Crippen LogP contribution in [0.2, 0.25) is 0 Å². The molecule has 102 valence electrons. The normalized spacial score (nSPS) is 23.2. The Morgan fingerprint density at radius 2 is 2.06 bits per heavy atom. The van der Waals surface area contributed by atoms with E-state index in [0.29, 0.717) is 31.7 Å². The van der Waals surface area contributed by atoms with Gasteiger partial charge in [0.15, 0.2) is 0 Å². The third-order valence-electron chi connectivity index (χ3n) is 2.94. The summed E-state index contributed by atoms with van der Waals surface area (Å²) < 4.78 is 31.7. The summed E-state index contributed by atoms with van der Waals surface area (Å²) in [4.78, 5) is 0. The summed E-state index contributed by atoms with van der Waals surface area (Å²) in [7, 11) is -3.21. The molecule has 1 aliphatic heterocycles. The maximum atomic E-state index is 11.9. The summed E-state index contributed by atoms with van der Waals surface area (Å²) in [5, 5.41) is 2.73. The molecule has 2 N–H and O–H groups in total. The standard InChI is InChI=1S/C11H24N2O3S/c1-9(2)12-6-10(3)17(14,15)13-7-11-4-5-16-8-11/h9-13H,4-8H2,1-3H3. The van der Waals surface area contributed by atoms with Gasteiger partial charge in [-0.15, -0.1) is 0 Å². The highest BCUT2D eigenvalue weighted by atomic mass is 32.2. The fourth-order valence-corrected chi connectivity index (χ4v) is 2.70. The lowest BCUT2D eigenvalue weighted by Crippen LogP contribution is -2.42. The largest absolute Gasteiger partial charge is 0.381 e. The van der Waals surface area contributed by atoms with E-state index in [-0.39, 0.29) is 0 Å². The van der Waals surface area contributed by atoms with E-state index in [0.717, 1.165) is 13.0 Å². The van der Waals surface area contributed by atoms with Gasteiger partial charge in [0.1, 0.15) is 0 Å². The first kappa shape index (κ1) is 14.9. The van der Waals surface area contributed by atoms with Crippen molar-refractivity contribution in [1.82, 2.24) is 10.0 Å². The van der Waals surface area contributed by atoms with E-state index in [1.165, 1.54) is 0 Å². The van der Waals surface area contributed by atoms with Crippen LogP contribution in [-0.4, -0.2) is 46.0 Å². The van der Waals surface area contributed by atoms with Crippen LogP contribution >= 0.6 is 0 Å². The average molecular weight is 264 g/mol. The molecular weight excluding hydrogens is 240 g/mol. The van der Waals surface area contributed by atoms with Crippen LogP contribution < -0.4 is 10.0 Å².